The van der Waals surface area contributed by atoms with Crippen LogP contribution in [0.15, 0.2) is 40.9 Å². The molecule has 17 heteroatoms. The Labute approximate surface area is 213 Å². The number of ether oxygens (including phenoxy) is 1. The molecule has 2 atom stereocenters. The molecule has 1 fully saturated rings. The lowest BCUT2D eigenvalue weighted by Gasteiger charge is -2.43. The monoisotopic (exact) mass is 559 g/mol. The van der Waals surface area contributed by atoms with E-state index in [1.54, 1.807) is 18.2 Å². The summed E-state index contributed by atoms with van der Waals surface area (Å²) in [7, 11) is -3.87. The maximum atomic E-state index is 12.9. The van der Waals surface area contributed by atoms with Crippen molar-refractivity contribution in [3.05, 3.63) is 47.0 Å². The van der Waals surface area contributed by atoms with Crippen molar-refractivity contribution >= 4 is 67.8 Å². The van der Waals surface area contributed by atoms with Gasteiger partial charge >= 0.3 is 16.3 Å². The van der Waals surface area contributed by atoms with Crippen molar-refractivity contribution in [2.45, 2.75) is 12.1 Å². The van der Waals surface area contributed by atoms with Crippen molar-refractivity contribution in [1.29, 1.82) is 0 Å². The Bertz CT molecular complexity index is 1300. The molecule has 36 heavy (non-hydrogen) atoms. The Hall–Kier alpha value is -3.60. The minimum absolute atomic E-state index is 0.0327. The first kappa shape index (κ1) is 27.0. The van der Waals surface area contributed by atoms with Gasteiger partial charge in [0.1, 0.15) is 37.4 Å². The number of β-lactam (4-membered cyclic amide) rings is 1. The Morgan fingerprint density at radius 1 is 1.28 bits per heavy atom. The number of nitrogens with zero attached hydrogens (tertiary/aromatic N) is 3. The second-order valence-electron chi connectivity index (χ2n) is 6.94. The van der Waals surface area contributed by atoms with Gasteiger partial charge in [0.25, 0.3) is 11.8 Å². The number of thiazole rings is 1. The highest BCUT2D eigenvalue weighted by atomic mass is 35.5. The molecule has 1 aromatic heterocycles. The molecule has 3 N–H and O–H groups in total. The second-order valence-corrected chi connectivity index (χ2v) is 9.35. The van der Waals surface area contributed by atoms with Crippen molar-refractivity contribution < 1.29 is 41.7 Å². The standard InChI is InChI=1S/C19H18ClN5O9S2/c1-33-24-14(11-9-35-19(21-11)22-13(26)7-20)16(27)23-15-12(25(17(15)28)36(30,31)32)8-34-18(29)10-5-3-2-4-6-10/h2-6,9,12,15H,7-8H2,1H3,(H,23,27)(H,21,22,26)(H,30,31,32)/t12-,15+/m0/s1. The summed E-state index contributed by atoms with van der Waals surface area (Å²) in [6.45, 7) is -0.660. The van der Waals surface area contributed by atoms with E-state index in [9.17, 15) is 32.1 Å². The summed E-state index contributed by atoms with van der Waals surface area (Å²) in [4.78, 5) is 57.7. The lowest BCUT2D eigenvalue weighted by molar-refractivity contribution is -0.146. The number of esters is 1. The van der Waals surface area contributed by atoms with Crippen molar-refractivity contribution in [2.75, 3.05) is 24.9 Å². The molecule has 192 valence electrons. The molecular formula is C19H18ClN5O9S2. The zero-order valence-corrected chi connectivity index (χ0v) is 20.7. The number of amides is 3. The summed E-state index contributed by atoms with van der Waals surface area (Å²) < 4.78 is 37.9. The summed E-state index contributed by atoms with van der Waals surface area (Å²) in [6.07, 6.45) is 0. The average Bonchev–Trinajstić information content (AvgIpc) is 3.30. The van der Waals surface area contributed by atoms with E-state index in [-0.39, 0.29) is 26.6 Å². The molecule has 2 aromatic rings. The van der Waals surface area contributed by atoms with Crippen molar-refractivity contribution in [3.63, 3.8) is 0 Å². The fourth-order valence-corrected chi connectivity index (χ4v) is 4.69. The van der Waals surface area contributed by atoms with Crippen LogP contribution in [0, 0.1) is 0 Å². The van der Waals surface area contributed by atoms with Crippen LogP contribution in [-0.2, 0) is 34.3 Å². The fraction of sp³-hybridized carbons (Fsp3) is 0.263. The lowest BCUT2D eigenvalue weighted by atomic mass is 9.99. The highest BCUT2D eigenvalue weighted by Crippen LogP contribution is 2.25. The van der Waals surface area contributed by atoms with Crippen LogP contribution < -0.4 is 10.6 Å². The Morgan fingerprint density at radius 3 is 2.58 bits per heavy atom. The molecule has 3 rings (SSSR count). The number of carbonyl (C=O) groups excluding carboxylic acids is 4. The SMILES string of the molecule is CON=C(C(=O)N[C@H]1C(=O)N(S(=O)(=O)O)[C@H]1COC(=O)c1ccccc1)c1csc(NC(=O)CCl)n1. The third-order valence-corrected chi connectivity index (χ3v) is 6.56. The van der Waals surface area contributed by atoms with Gasteiger partial charge in [0, 0.05) is 5.38 Å². The second kappa shape index (κ2) is 11.4. The van der Waals surface area contributed by atoms with E-state index in [2.05, 4.69) is 25.6 Å². The van der Waals surface area contributed by atoms with Crippen LogP contribution in [0.1, 0.15) is 16.1 Å². The average molecular weight is 560 g/mol. The van der Waals surface area contributed by atoms with Crippen LogP contribution >= 0.6 is 22.9 Å². The van der Waals surface area contributed by atoms with E-state index in [1.165, 1.54) is 17.5 Å². The van der Waals surface area contributed by atoms with E-state index in [0.717, 1.165) is 18.4 Å². The summed E-state index contributed by atoms with van der Waals surface area (Å²) in [5.74, 6) is -3.84. The van der Waals surface area contributed by atoms with Gasteiger partial charge in [-0.15, -0.1) is 22.9 Å². The van der Waals surface area contributed by atoms with E-state index < -0.39 is 58.4 Å². The van der Waals surface area contributed by atoms with E-state index in [0.29, 0.717) is 0 Å². The highest BCUT2D eigenvalue weighted by molar-refractivity contribution is 7.84. The quantitative estimate of drug-likeness (QED) is 0.0892. The topological polar surface area (TPSA) is 194 Å². The van der Waals surface area contributed by atoms with Crippen LogP contribution in [0.25, 0.3) is 0 Å². The van der Waals surface area contributed by atoms with Crippen molar-refractivity contribution in [1.82, 2.24) is 14.6 Å². The van der Waals surface area contributed by atoms with Crippen molar-refractivity contribution in [3.8, 4) is 0 Å². The van der Waals surface area contributed by atoms with Crippen molar-refractivity contribution in [2.24, 2.45) is 5.16 Å². The third kappa shape index (κ3) is 6.14. The molecule has 0 spiro atoms. The van der Waals surface area contributed by atoms with Gasteiger partial charge in [0.15, 0.2) is 10.8 Å². The number of alkyl halides is 1. The van der Waals surface area contributed by atoms with Crippen LogP contribution in [0.5, 0.6) is 0 Å². The predicted octanol–water partition coefficient (Wildman–Crippen LogP) is 0.0263. The van der Waals surface area contributed by atoms with E-state index in [4.69, 9.17) is 16.3 Å². The number of carbonyl (C=O) groups is 4. The smallest absolute Gasteiger partial charge is 0.362 e. The molecule has 1 aliphatic heterocycles. The molecule has 0 saturated carbocycles. The number of anilines is 1. The van der Waals surface area contributed by atoms with Gasteiger partial charge in [-0.25, -0.2) is 14.1 Å². The molecular weight excluding hydrogens is 542 g/mol. The summed E-state index contributed by atoms with van der Waals surface area (Å²) in [5, 5.41) is 9.73. The first-order chi connectivity index (χ1) is 17.1. The van der Waals surface area contributed by atoms with Gasteiger partial charge in [-0.3, -0.25) is 18.9 Å². The molecule has 2 heterocycles. The number of oxime groups is 1. The van der Waals surface area contributed by atoms with Gasteiger partial charge in [-0.05, 0) is 12.1 Å². The van der Waals surface area contributed by atoms with Crippen LogP contribution in [0.2, 0.25) is 0 Å². The van der Waals surface area contributed by atoms with Gasteiger partial charge < -0.3 is 20.2 Å². The molecule has 0 bridgehead atoms. The minimum atomic E-state index is -5.01. The zero-order valence-electron chi connectivity index (χ0n) is 18.3. The first-order valence-corrected chi connectivity index (χ1v) is 12.6. The maximum Gasteiger partial charge on any atom is 0.362 e. The number of hydrogen-bond donors (Lipinski definition) is 3. The first-order valence-electron chi connectivity index (χ1n) is 9.83. The molecule has 0 aliphatic carbocycles. The van der Waals surface area contributed by atoms with Crippen LogP contribution in [0.3, 0.4) is 0 Å². The number of aromatic nitrogens is 1. The number of hydrogen-bond acceptors (Lipinski definition) is 11. The van der Waals surface area contributed by atoms with Gasteiger partial charge in [0.2, 0.25) is 5.91 Å². The number of benzene rings is 1. The number of rotatable bonds is 10. The van der Waals surface area contributed by atoms with E-state index >= 15 is 0 Å². The number of nitrogens with one attached hydrogen (secondary N) is 2. The van der Waals surface area contributed by atoms with Gasteiger partial charge in [0.05, 0.1) is 5.56 Å². The molecule has 1 aromatic carbocycles. The summed E-state index contributed by atoms with van der Waals surface area (Å²) in [5.41, 5.74) is -0.273. The molecule has 1 aliphatic rings. The van der Waals surface area contributed by atoms with E-state index in [1.807, 2.05) is 0 Å². The van der Waals surface area contributed by atoms with Crippen LogP contribution in [-0.4, -0.2) is 83.3 Å². The molecule has 0 radical (unpaired) electrons. The largest absolute Gasteiger partial charge is 0.460 e. The Balaban J connectivity index is 1.76. The minimum Gasteiger partial charge on any atom is -0.460 e. The van der Waals surface area contributed by atoms with Gasteiger partial charge in [-0.2, -0.15) is 8.42 Å². The Kier molecular flexibility index (Phi) is 8.57. The third-order valence-electron chi connectivity index (χ3n) is 4.61. The predicted molar refractivity (Wildman–Crippen MR) is 126 cm³/mol. The van der Waals surface area contributed by atoms with Crippen LogP contribution in [0.4, 0.5) is 5.13 Å². The summed E-state index contributed by atoms with van der Waals surface area (Å²) >= 11 is 6.39. The number of halogens is 1. The normalized spacial score (nSPS) is 17.7. The lowest BCUT2D eigenvalue weighted by Crippen LogP contribution is -2.73. The fourth-order valence-electron chi connectivity index (χ4n) is 3.04. The molecule has 0 unspecified atom stereocenters. The maximum absolute atomic E-state index is 12.9. The Morgan fingerprint density at radius 2 is 1.97 bits per heavy atom. The molecule has 3 amide bonds. The highest BCUT2D eigenvalue weighted by Gasteiger charge is 2.55. The van der Waals surface area contributed by atoms with Gasteiger partial charge in [-0.1, -0.05) is 23.4 Å². The molecule has 14 nitrogen and oxygen atoms in total. The zero-order chi connectivity index (χ0) is 26.5. The summed E-state index contributed by atoms with van der Waals surface area (Å²) in [6, 6.07) is 4.81. The molecule has 1 saturated heterocycles.